The lowest BCUT2D eigenvalue weighted by molar-refractivity contribution is 0.266. The zero-order chi connectivity index (χ0) is 13.7. The maximum atomic E-state index is 12.8. The number of hydrogen-bond acceptors (Lipinski definition) is 1. The van der Waals surface area contributed by atoms with Gasteiger partial charge in [0, 0.05) is 26.7 Å². The highest BCUT2D eigenvalue weighted by molar-refractivity contribution is 14.0. The second-order valence-corrected chi connectivity index (χ2v) is 5.22. The number of rotatable bonds is 2. The Morgan fingerprint density at radius 1 is 1.40 bits per heavy atom. The molecule has 0 aliphatic carbocycles. The number of nitrogens with one attached hydrogen (secondary N) is 1. The molecule has 0 aromatic heterocycles. The molecule has 0 spiro atoms. The van der Waals surface area contributed by atoms with Crippen LogP contribution in [0.4, 0.5) is 4.39 Å². The van der Waals surface area contributed by atoms with Crippen molar-refractivity contribution in [1.29, 1.82) is 0 Å². The molecule has 1 fully saturated rings. The van der Waals surface area contributed by atoms with Crippen LogP contribution in [0.2, 0.25) is 0 Å². The van der Waals surface area contributed by atoms with Gasteiger partial charge in [-0.3, -0.25) is 4.99 Å². The first-order valence-electron chi connectivity index (χ1n) is 6.89. The SMILES string of the molecule is CN=C(NCc1ccc(F)cc1)N1CCCC(C)C1.I. The van der Waals surface area contributed by atoms with E-state index >= 15 is 0 Å². The fourth-order valence-electron chi connectivity index (χ4n) is 2.50. The summed E-state index contributed by atoms with van der Waals surface area (Å²) in [6, 6.07) is 6.58. The molecule has 1 aromatic carbocycles. The molecule has 3 nitrogen and oxygen atoms in total. The second-order valence-electron chi connectivity index (χ2n) is 5.22. The quantitative estimate of drug-likeness (QED) is 0.476. The van der Waals surface area contributed by atoms with E-state index in [1.54, 1.807) is 12.1 Å². The van der Waals surface area contributed by atoms with Gasteiger partial charge in [0.25, 0.3) is 0 Å². The van der Waals surface area contributed by atoms with Crippen LogP contribution in [0.5, 0.6) is 0 Å². The number of guanidine groups is 1. The smallest absolute Gasteiger partial charge is 0.193 e. The Balaban J connectivity index is 0.00000200. The van der Waals surface area contributed by atoms with Gasteiger partial charge in [0.05, 0.1) is 0 Å². The molecule has 1 heterocycles. The summed E-state index contributed by atoms with van der Waals surface area (Å²) in [6.07, 6.45) is 2.52. The van der Waals surface area contributed by atoms with E-state index in [-0.39, 0.29) is 29.8 Å². The van der Waals surface area contributed by atoms with E-state index in [1.165, 1.54) is 25.0 Å². The Labute approximate surface area is 137 Å². The first-order valence-corrected chi connectivity index (χ1v) is 6.89. The highest BCUT2D eigenvalue weighted by Crippen LogP contribution is 2.15. The third-order valence-corrected chi connectivity index (χ3v) is 3.53. The molecule has 0 bridgehead atoms. The molecule has 1 aliphatic heterocycles. The standard InChI is InChI=1S/C15H22FN3.HI/c1-12-4-3-9-19(11-12)15(17-2)18-10-13-5-7-14(16)8-6-13;/h5-8,12H,3-4,9-11H2,1-2H3,(H,17,18);1H. The molecular formula is C15H23FIN3. The molecule has 1 saturated heterocycles. The van der Waals surface area contributed by atoms with Crippen LogP contribution < -0.4 is 5.32 Å². The average molecular weight is 391 g/mol. The minimum Gasteiger partial charge on any atom is -0.352 e. The molecule has 0 saturated carbocycles. The van der Waals surface area contributed by atoms with E-state index in [4.69, 9.17) is 0 Å². The predicted octanol–water partition coefficient (Wildman–Crippen LogP) is 3.25. The Hall–Kier alpha value is -0.850. The fraction of sp³-hybridized carbons (Fsp3) is 0.533. The Morgan fingerprint density at radius 3 is 2.70 bits per heavy atom. The summed E-state index contributed by atoms with van der Waals surface area (Å²) < 4.78 is 12.8. The first kappa shape index (κ1) is 17.2. The van der Waals surface area contributed by atoms with Gasteiger partial charge in [-0.05, 0) is 36.5 Å². The number of halogens is 2. The van der Waals surface area contributed by atoms with Gasteiger partial charge in [0.1, 0.15) is 5.82 Å². The maximum Gasteiger partial charge on any atom is 0.193 e. The molecule has 0 amide bonds. The molecule has 1 atom stereocenters. The molecule has 1 aliphatic rings. The van der Waals surface area contributed by atoms with Crippen molar-refractivity contribution in [3.63, 3.8) is 0 Å². The van der Waals surface area contributed by atoms with Crippen molar-refractivity contribution in [2.75, 3.05) is 20.1 Å². The summed E-state index contributed by atoms with van der Waals surface area (Å²) >= 11 is 0. The Bertz CT molecular complexity index is 433. The Kier molecular flexibility index (Phi) is 7.26. The summed E-state index contributed by atoms with van der Waals surface area (Å²) in [5.74, 6) is 1.46. The lowest BCUT2D eigenvalue weighted by Crippen LogP contribution is -2.45. The summed E-state index contributed by atoms with van der Waals surface area (Å²) in [5, 5.41) is 3.35. The molecule has 1 aromatic rings. The third-order valence-electron chi connectivity index (χ3n) is 3.53. The number of aliphatic imine (C=N–C) groups is 1. The first-order chi connectivity index (χ1) is 9.19. The van der Waals surface area contributed by atoms with Gasteiger partial charge in [-0.2, -0.15) is 0 Å². The van der Waals surface area contributed by atoms with Crippen LogP contribution >= 0.6 is 24.0 Å². The van der Waals surface area contributed by atoms with Crippen molar-refractivity contribution in [1.82, 2.24) is 10.2 Å². The minimum absolute atomic E-state index is 0. The van der Waals surface area contributed by atoms with Crippen molar-refractivity contribution in [2.45, 2.75) is 26.3 Å². The summed E-state index contributed by atoms with van der Waals surface area (Å²) in [5.41, 5.74) is 1.06. The minimum atomic E-state index is -0.196. The maximum absolute atomic E-state index is 12.8. The fourth-order valence-corrected chi connectivity index (χ4v) is 2.50. The van der Waals surface area contributed by atoms with Crippen LogP contribution in [-0.4, -0.2) is 31.0 Å². The number of benzene rings is 1. The molecule has 5 heteroatoms. The topological polar surface area (TPSA) is 27.6 Å². The average Bonchev–Trinajstić information content (AvgIpc) is 2.42. The van der Waals surface area contributed by atoms with Crippen molar-refractivity contribution < 1.29 is 4.39 Å². The van der Waals surface area contributed by atoms with E-state index in [0.29, 0.717) is 6.54 Å². The van der Waals surface area contributed by atoms with Crippen LogP contribution in [0.15, 0.2) is 29.3 Å². The summed E-state index contributed by atoms with van der Waals surface area (Å²) in [7, 11) is 1.81. The number of likely N-dealkylation sites (tertiary alicyclic amines) is 1. The molecule has 1 N–H and O–H groups in total. The van der Waals surface area contributed by atoms with Gasteiger partial charge in [0.15, 0.2) is 5.96 Å². The lowest BCUT2D eigenvalue weighted by Gasteiger charge is -2.33. The molecule has 20 heavy (non-hydrogen) atoms. The number of hydrogen-bond donors (Lipinski definition) is 1. The van der Waals surface area contributed by atoms with Crippen LogP contribution in [0.3, 0.4) is 0 Å². The van der Waals surface area contributed by atoms with E-state index in [2.05, 4.69) is 22.1 Å². The van der Waals surface area contributed by atoms with Crippen molar-refractivity contribution in [2.24, 2.45) is 10.9 Å². The number of piperidine rings is 1. The van der Waals surface area contributed by atoms with E-state index in [9.17, 15) is 4.39 Å². The molecular weight excluding hydrogens is 368 g/mol. The van der Waals surface area contributed by atoms with Gasteiger partial charge in [0.2, 0.25) is 0 Å². The van der Waals surface area contributed by atoms with Crippen LogP contribution in [0, 0.1) is 11.7 Å². The second kappa shape index (κ2) is 8.44. The molecule has 0 radical (unpaired) electrons. The highest BCUT2D eigenvalue weighted by atomic mass is 127. The normalized spacial score (nSPS) is 19.4. The van der Waals surface area contributed by atoms with Gasteiger partial charge in [-0.15, -0.1) is 24.0 Å². The monoisotopic (exact) mass is 391 g/mol. The molecule has 112 valence electrons. The summed E-state index contributed by atoms with van der Waals surface area (Å²) in [4.78, 5) is 6.64. The van der Waals surface area contributed by atoms with Crippen LogP contribution in [0.1, 0.15) is 25.3 Å². The van der Waals surface area contributed by atoms with E-state index in [0.717, 1.165) is 30.5 Å². The van der Waals surface area contributed by atoms with Crippen LogP contribution in [-0.2, 0) is 6.54 Å². The van der Waals surface area contributed by atoms with Crippen molar-refractivity contribution >= 4 is 29.9 Å². The lowest BCUT2D eigenvalue weighted by atomic mass is 10.0. The largest absolute Gasteiger partial charge is 0.352 e. The number of nitrogens with zero attached hydrogens (tertiary/aromatic N) is 2. The third kappa shape index (κ3) is 4.92. The Morgan fingerprint density at radius 2 is 2.10 bits per heavy atom. The predicted molar refractivity (Wildman–Crippen MR) is 92.0 cm³/mol. The summed E-state index contributed by atoms with van der Waals surface area (Å²) in [6.45, 7) is 5.08. The van der Waals surface area contributed by atoms with Crippen molar-refractivity contribution in [3.05, 3.63) is 35.6 Å². The van der Waals surface area contributed by atoms with Crippen LogP contribution in [0.25, 0.3) is 0 Å². The highest BCUT2D eigenvalue weighted by Gasteiger charge is 2.18. The van der Waals surface area contributed by atoms with Gasteiger partial charge < -0.3 is 10.2 Å². The molecule has 1 unspecified atom stereocenters. The van der Waals surface area contributed by atoms with Gasteiger partial charge >= 0.3 is 0 Å². The van der Waals surface area contributed by atoms with E-state index in [1.807, 2.05) is 7.05 Å². The molecule has 2 rings (SSSR count). The van der Waals surface area contributed by atoms with Gasteiger partial charge in [-0.25, -0.2) is 4.39 Å². The van der Waals surface area contributed by atoms with Crippen molar-refractivity contribution in [3.8, 4) is 0 Å². The van der Waals surface area contributed by atoms with E-state index < -0.39 is 0 Å². The van der Waals surface area contributed by atoms with Gasteiger partial charge in [-0.1, -0.05) is 19.1 Å². The zero-order valence-corrected chi connectivity index (χ0v) is 14.4. The zero-order valence-electron chi connectivity index (χ0n) is 12.1.